The van der Waals surface area contributed by atoms with E-state index in [1.807, 2.05) is 48.5 Å². The Balaban J connectivity index is 2.19. The first kappa shape index (κ1) is 9.22. The van der Waals surface area contributed by atoms with E-state index >= 15 is 0 Å². The number of hydrogen-bond acceptors (Lipinski definition) is 1. The molecule has 16 heavy (non-hydrogen) atoms. The third-order valence-corrected chi connectivity index (χ3v) is 2.55. The molecule has 1 N–H and O–H groups in total. The topological polar surface area (TPSA) is 28.7 Å². The number of rotatable bonds is 1. The summed E-state index contributed by atoms with van der Waals surface area (Å²) in [6.07, 6.45) is 0. The van der Waals surface area contributed by atoms with E-state index in [2.05, 4.69) is 9.97 Å². The molecular weight excluding hydrogens is 195 g/mol. The monoisotopic (exact) mass is 204 g/mol. The number of hydrogen-bond donors (Lipinski definition) is 1. The zero-order chi connectivity index (χ0) is 11.0. The summed E-state index contributed by atoms with van der Waals surface area (Å²) in [7, 11) is 5.72. The van der Waals surface area contributed by atoms with Crippen LogP contribution in [0.15, 0.2) is 48.5 Å². The summed E-state index contributed by atoms with van der Waals surface area (Å²) in [6.45, 7) is 0. The fraction of sp³-hybridized carbons (Fsp3) is 0. The Morgan fingerprint density at radius 2 is 1.81 bits per heavy atom. The molecule has 2 nitrogen and oxygen atoms in total. The lowest BCUT2D eigenvalue weighted by atomic mass is 9.96. The highest BCUT2D eigenvalue weighted by atomic mass is 14.9. The Morgan fingerprint density at radius 3 is 2.62 bits per heavy atom. The highest BCUT2D eigenvalue weighted by molar-refractivity contribution is 6.33. The van der Waals surface area contributed by atoms with Gasteiger partial charge in [-0.3, -0.25) is 0 Å². The van der Waals surface area contributed by atoms with Gasteiger partial charge in [0.1, 0.15) is 13.7 Å². The van der Waals surface area contributed by atoms with Gasteiger partial charge >= 0.3 is 0 Å². The normalized spacial score (nSPS) is 10.8. The van der Waals surface area contributed by atoms with E-state index in [-0.39, 0.29) is 0 Å². The van der Waals surface area contributed by atoms with E-state index in [0.717, 1.165) is 27.9 Å². The molecular formula is C13H9BN2. The SMILES string of the molecule is [B]c1ccc2nc(-c3ccccc3)[nH]c2c1. The molecule has 1 aromatic heterocycles. The zero-order valence-corrected chi connectivity index (χ0v) is 8.64. The van der Waals surface area contributed by atoms with Crippen molar-refractivity contribution >= 4 is 24.3 Å². The molecule has 0 aliphatic carbocycles. The standard InChI is InChI=1S/C13H9BN2/c14-10-6-7-11-12(8-10)16-13(15-11)9-4-2-1-3-5-9/h1-8H,(H,15,16). The molecule has 0 aliphatic heterocycles. The average Bonchev–Trinajstić information content (AvgIpc) is 2.73. The predicted octanol–water partition coefficient (Wildman–Crippen LogP) is 2.02. The van der Waals surface area contributed by atoms with E-state index in [9.17, 15) is 0 Å². The number of nitrogens with zero attached hydrogens (tertiary/aromatic N) is 1. The lowest BCUT2D eigenvalue weighted by Gasteiger charge is -1.93. The molecule has 74 valence electrons. The van der Waals surface area contributed by atoms with Gasteiger partial charge in [-0.2, -0.15) is 0 Å². The van der Waals surface area contributed by atoms with Gasteiger partial charge < -0.3 is 4.98 Å². The number of fused-ring (bicyclic) bond motifs is 1. The summed E-state index contributed by atoms with van der Waals surface area (Å²) in [4.78, 5) is 7.77. The summed E-state index contributed by atoms with van der Waals surface area (Å²) < 4.78 is 0. The molecule has 2 aromatic carbocycles. The quantitative estimate of drug-likeness (QED) is 0.603. The van der Waals surface area contributed by atoms with Crippen LogP contribution in [0.5, 0.6) is 0 Å². The van der Waals surface area contributed by atoms with Crippen LogP contribution in [0.1, 0.15) is 0 Å². The van der Waals surface area contributed by atoms with Crippen molar-refractivity contribution in [2.24, 2.45) is 0 Å². The van der Waals surface area contributed by atoms with Gasteiger partial charge in [0.2, 0.25) is 0 Å². The molecule has 3 rings (SSSR count). The minimum absolute atomic E-state index is 0.746. The van der Waals surface area contributed by atoms with E-state index in [1.54, 1.807) is 0 Å². The van der Waals surface area contributed by atoms with E-state index in [4.69, 9.17) is 7.85 Å². The minimum Gasteiger partial charge on any atom is -0.338 e. The van der Waals surface area contributed by atoms with Crippen molar-refractivity contribution in [3.05, 3.63) is 48.5 Å². The number of nitrogens with one attached hydrogen (secondary N) is 1. The van der Waals surface area contributed by atoms with Gasteiger partial charge in [-0.15, -0.1) is 0 Å². The maximum Gasteiger partial charge on any atom is 0.138 e. The summed E-state index contributed by atoms with van der Waals surface area (Å²) in [6, 6.07) is 15.7. The van der Waals surface area contributed by atoms with Gasteiger partial charge in [-0.25, -0.2) is 4.98 Å². The number of aromatic nitrogens is 2. The van der Waals surface area contributed by atoms with Crippen LogP contribution in [0.4, 0.5) is 0 Å². The van der Waals surface area contributed by atoms with Gasteiger partial charge in [-0.05, 0) is 12.1 Å². The van der Waals surface area contributed by atoms with Crippen molar-refractivity contribution < 1.29 is 0 Å². The highest BCUT2D eigenvalue weighted by Gasteiger charge is 2.03. The Labute approximate surface area is 94.8 Å². The third-order valence-electron chi connectivity index (χ3n) is 2.55. The first-order valence-electron chi connectivity index (χ1n) is 5.13. The van der Waals surface area contributed by atoms with Crippen LogP contribution in [-0.4, -0.2) is 17.8 Å². The van der Waals surface area contributed by atoms with Gasteiger partial charge in [0.15, 0.2) is 0 Å². The second-order valence-corrected chi connectivity index (χ2v) is 3.73. The van der Waals surface area contributed by atoms with E-state index < -0.39 is 0 Å². The molecule has 0 spiro atoms. The number of aromatic amines is 1. The van der Waals surface area contributed by atoms with Gasteiger partial charge in [0.05, 0.1) is 11.0 Å². The zero-order valence-electron chi connectivity index (χ0n) is 8.64. The minimum atomic E-state index is 0.746. The number of benzene rings is 2. The lowest BCUT2D eigenvalue weighted by molar-refractivity contribution is 1.34. The van der Waals surface area contributed by atoms with Gasteiger partial charge in [0.25, 0.3) is 0 Å². The van der Waals surface area contributed by atoms with Crippen molar-refractivity contribution in [3.63, 3.8) is 0 Å². The lowest BCUT2D eigenvalue weighted by Crippen LogP contribution is -1.99. The van der Waals surface area contributed by atoms with Crippen LogP contribution in [0, 0.1) is 0 Å². The smallest absolute Gasteiger partial charge is 0.138 e. The van der Waals surface area contributed by atoms with Crippen LogP contribution in [0.3, 0.4) is 0 Å². The highest BCUT2D eigenvalue weighted by Crippen LogP contribution is 2.18. The molecule has 0 bridgehead atoms. The summed E-state index contributed by atoms with van der Waals surface area (Å²) >= 11 is 0. The van der Waals surface area contributed by atoms with Crippen molar-refractivity contribution in [2.45, 2.75) is 0 Å². The summed E-state index contributed by atoms with van der Waals surface area (Å²) in [5, 5.41) is 0. The third kappa shape index (κ3) is 1.50. The maximum atomic E-state index is 5.72. The fourth-order valence-electron chi connectivity index (χ4n) is 1.76. The molecule has 1 heterocycles. The number of H-pyrrole nitrogens is 1. The molecule has 0 aliphatic rings. The van der Waals surface area contributed by atoms with Gasteiger partial charge in [0, 0.05) is 5.56 Å². The molecule has 0 saturated carbocycles. The largest absolute Gasteiger partial charge is 0.338 e. The molecule has 2 radical (unpaired) electrons. The average molecular weight is 204 g/mol. The predicted molar refractivity (Wildman–Crippen MR) is 66.9 cm³/mol. The van der Waals surface area contributed by atoms with Crippen molar-refractivity contribution in [2.75, 3.05) is 0 Å². The van der Waals surface area contributed by atoms with Crippen molar-refractivity contribution in [1.82, 2.24) is 9.97 Å². The second-order valence-electron chi connectivity index (χ2n) is 3.73. The van der Waals surface area contributed by atoms with Crippen LogP contribution in [-0.2, 0) is 0 Å². The Morgan fingerprint density at radius 1 is 1.00 bits per heavy atom. The molecule has 0 unspecified atom stereocenters. The van der Waals surface area contributed by atoms with Crippen LogP contribution in [0.2, 0.25) is 0 Å². The first-order chi connectivity index (χ1) is 7.83. The molecule has 3 heteroatoms. The maximum absolute atomic E-state index is 5.72. The molecule has 0 fully saturated rings. The first-order valence-corrected chi connectivity index (χ1v) is 5.13. The fourth-order valence-corrected chi connectivity index (χ4v) is 1.76. The molecule has 0 atom stereocenters. The molecule has 3 aromatic rings. The Kier molecular flexibility index (Phi) is 2.03. The van der Waals surface area contributed by atoms with Crippen LogP contribution < -0.4 is 5.46 Å². The van der Waals surface area contributed by atoms with E-state index in [1.165, 1.54) is 0 Å². The Hall–Kier alpha value is -2.03. The summed E-state index contributed by atoms with van der Waals surface area (Å²) in [5.41, 5.74) is 3.74. The van der Waals surface area contributed by atoms with Crippen molar-refractivity contribution in [1.29, 1.82) is 0 Å². The second kappa shape index (κ2) is 3.52. The van der Waals surface area contributed by atoms with Crippen LogP contribution in [0.25, 0.3) is 22.4 Å². The summed E-state index contributed by atoms with van der Waals surface area (Å²) in [5.74, 6) is 0.876. The van der Waals surface area contributed by atoms with Gasteiger partial charge in [-0.1, -0.05) is 41.9 Å². The molecule has 0 saturated heterocycles. The van der Waals surface area contributed by atoms with E-state index in [0.29, 0.717) is 0 Å². The molecule has 0 amide bonds. The number of imidazole rings is 1. The Bertz CT molecular complexity index is 629. The van der Waals surface area contributed by atoms with Crippen molar-refractivity contribution in [3.8, 4) is 11.4 Å². The van der Waals surface area contributed by atoms with Crippen LogP contribution >= 0.6 is 0 Å².